The topological polar surface area (TPSA) is 65.2 Å². The first-order valence-corrected chi connectivity index (χ1v) is 4.51. The molecule has 0 spiro atoms. The fourth-order valence-electron chi connectivity index (χ4n) is 1.04. The van der Waals surface area contributed by atoms with E-state index < -0.39 is 0 Å². The molecule has 0 radical (unpaired) electrons. The highest BCUT2D eigenvalue weighted by Crippen LogP contribution is 2.24. The van der Waals surface area contributed by atoms with E-state index in [0.717, 1.165) is 0 Å². The van der Waals surface area contributed by atoms with Crippen molar-refractivity contribution >= 4 is 11.6 Å². The lowest BCUT2D eigenvalue weighted by Crippen LogP contribution is -2.04. The zero-order valence-corrected chi connectivity index (χ0v) is 8.28. The van der Waals surface area contributed by atoms with E-state index in [1.807, 2.05) is 6.92 Å². The second kappa shape index (κ2) is 3.48. The number of halogens is 1. The molecule has 0 aromatic carbocycles. The van der Waals surface area contributed by atoms with Crippen LogP contribution >= 0.6 is 11.6 Å². The summed E-state index contributed by atoms with van der Waals surface area (Å²) in [6.07, 6.45) is 1.51. The van der Waals surface area contributed by atoms with Crippen LogP contribution in [-0.4, -0.2) is 4.98 Å². The third-order valence-corrected chi connectivity index (χ3v) is 1.98. The summed E-state index contributed by atoms with van der Waals surface area (Å²) >= 11 is 5.62. The normalized spacial score (nSPS) is 13.1. The minimum absolute atomic E-state index is 0.155. The summed E-state index contributed by atoms with van der Waals surface area (Å²) in [5, 5.41) is 0.306. The van der Waals surface area contributed by atoms with Gasteiger partial charge in [0.05, 0.1) is 5.69 Å². The molecule has 14 heavy (non-hydrogen) atoms. The predicted octanol–water partition coefficient (Wildman–Crippen LogP) is 2.61. The van der Waals surface area contributed by atoms with Gasteiger partial charge in [0.1, 0.15) is 6.26 Å². The molecule has 1 unspecified atom stereocenters. The summed E-state index contributed by atoms with van der Waals surface area (Å²) in [6.45, 7) is 1.83. The molecule has 2 aromatic heterocycles. The monoisotopic (exact) mass is 212 g/mol. The number of nitrogens with zero attached hydrogens (tertiary/aromatic N) is 1. The molecule has 5 heteroatoms. The Morgan fingerprint density at radius 3 is 2.79 bits per heavy atom. The highest BCUT2D eigenvalue weighted by molar-refractivity contribution is 6.28. The van der Waals surface area contributed by atoms with Crippen LogP contribution in [0.15, 0.2) is 27.2 Å². The van der Waals surface area contributed by atoms with Gasteiger partial charge in [0.25, 0.3) is 5.89 Å². The number of hydrogen-bond donors (Lipinski definition) is 1. The molecule has 2 aromatic rings. The number of rotatable bonds is 2. The molecule has 0 amide bonds. The maximum Gasteiger partial charge on any atom is 0.263 e. The van der Waals surface area contributed by atoms with Crippen LogP contribution in [0, 0.1) is 0 Å². The summed E-state index contributed by atoms with van der Waals surface area (Å²) in [6, 6.07) is 3.17. The van der Waals surface area contributed by atoms with Crippen molar-refractivity contribution in [3.8, 4) is 11.7 Å². The van der Waals surface area contributed by atoms with Crippen LogP contribution in [-0.2, 0) is 0 Å². The average molecular weight is 213 g/mol. The Morgan fingerprint density at radius 2 is 2.29 bits per heavy atom. The van der Waals surface area contributed by atoms with Crippen LogP contribution in [0.25, 0.3) is 11.7 Å². The second-order valence-corrected chi connectivity index (χ2v) is 3.34. The van der Waals surface area contributed by atoms with Crippen molar-refractivity contribution in [2.75, 3.05) is 0 Å². The lowest BCUT2D eigenvalue weighted by atomic mass is 10.3. The van der Waals surface area contributed by atoms with E-state index in [-0.39, 0.29) is 6.04 Å². The van der Waals surface area contributed by atoms with Gasteiger partial charge in [-0.15, -0.1) is 0 Å². The Hall–Kier alpha value is -1.26. The number of furan rings is 1. The second-order valence-electron chi connectivity index (χ2n) is 2.97. The third kappa shape index (κ3) is 1.66. The molecule has 2 rings (SSSR count). The van der Waals surface area contributed by atoms with Gasteiger partial charge >= 0.3 is 0 Å². The van der Waals surface area contributed by atoms with Gasteiger partial charge in [-0.25, -0.2) is 4.98 Å². The van der Waals surface area contributed by atoms with Gasteiger partial charge in [-0.2, -0.15) is 0 Å². The fraction of sp³-hybridized carbons (Fsp3) is 0.222. The third-order valence-electron chi connectivity index (χ3n) is 1.77. The smallest absolute Gasteiger partial charge is 0.263 e. The SMILES string of the molecule is CC(N)c1coc(-c2ccc(Cl)o2)n1. The largest absolute Gasteiger partial charge is 0.442 e. The Kier molecular flexibility index (Phi) is 2.31. The quantitative estimate of drug-likeness (QED) is 0.831. The minimum Gasteiger partial charge on any atom is -0.442 e. The van der Waals surface area contributed by atoms with Gasteiger partial charge in [0, 0.05) is 6.04 Å². The molecule has 0 aliphatic carbocycles. The van der Waals surface area contributed by atoms with Gasteiger partial charge in [0.15, 0.2) is 11.0 Å². The molecule has 1 atom stereocenters. The van der Waals surface area contributed by atoms with Crippen molar-refractivity contribution in [2.45, 2.75) is 13.0 Å². The van der Waals surface area contributed by atoms with Gasteiger partial charge in [-0.3, -0.25) is 0 Å². The van der Waals surface area contributed by atoms with Crippen LogP contribution < -0.4 is 5.73 Å². The molecule has 0 aliphatic rings. The molecular formula is C9H9ClN2O2. The summed E-state index contributed by atoms with van der Waals surface area (Å²) in [7, 11) is 0. The molecule has 0 saturated carbocycles. The molecule has 0 aliphatic heterocycles. The van der Waals surface area contributed by atoms with E-state index in [9.17, 15) is 0 Å². The number of hydrogen-bond acceptors (Lipinski definition) is 4. The van der Waals surface area contributed by atoms with E-state index in [4.69, 9.17) is 26.2 Å². The van der Waals surface area contributed by atoms with Gasteiger partial charge < -0.3 is 14.6 Å². The van der Waals surface area contributed by atoms with Gasteiger partial charge in [-0.1, -0.05) is 0 Å². The molecule has 2 heterocycles. The standard InChI is InChI=1S/C9H9ClN2O2/c1-5(11)6-4-13-9(12-6)7-2-3-8(10)14-7/h2-5H,11H2,1H3. The highest BCUT2D eigenvalue weighted by Gasteiger charge is 2.12. The lowest BCUT2D eigenvalue weighted by molar-refractivity contribution is 0.517. The molecule has 0 saturated heterocycles. The van der Waals surface area contributed by atoms with E-state index in [0.29, 0.717) is 22.6 Å². The average Bonchev–Trinajstić information content (AvgIpc) is 2.70. The van der Waals surface area contributed by atoms with Crippen LogP contribution in [0.3, 0.4) is 0 Å². The summed E-state index contributed by atoms with van der Waals surface area (Å²) < 4.78 is 10.3. The van der Waals surface area contributed by atoms with Crippen LogP contribution in [0.5, 0.6) is 0 Å². The molecule has 0 bridgehead atoms. The van der Waals surface area contributed by atoms with E-state index in [2.05, 4.69) is 4.98 Å². The van der Waals surface area contributed by atoms with Gasteiger partial charge in [0.2, 0.25) is 0 Å². The molecule has 2 N–H and O–H groups in total. The van der Waals surface area contributed by atoms with Gasteiger partial charge in [-0.05, 0) is 30.7 Å². The fourth-order valence-corrected chi connectivity index (χ4v) is 1.18. The van der Waals surface area contributed by atoms with Crippen LogP contribution in [0.2, 0.25) is 5.22 Å². The first-order valence-electron chi connectivity index (χ1n) is 4.13. The van der Waals surface area contributed by atoms with E-state index in [1.165, 1.54) is 6.26 Å². The van der Waals surface area contributed by atoms with Crippen LogP contribution in [0.1, 0.15) is 18.7 Å². The van der Waals surface area contributed by atoms with Crippen molar-refractivity contribution in [2.24, 2.45) is 5.73 Å². The summed E-state index contributed by atoms with van der Waals surface area (Å²) in [5.41, 5.74) is 6.32. The van der Waals surface area contributed by atoms with Crippen molar-refractivity contribution in [3.05, 3.63) is 29.3 Å². The number of nitrogens with two attached hydrogens (primary N) is 1. The minimum atomic E-state index is -0.155. The van der Waals surface area contributed by atoms with E-state index >= 15 is 0 Å². The van der Waals surface area contributed by atoms with Crippen LogP contribution in [0.4, 0.5) is 0 Å². The van der Waals surface area contributed by atoms with Crippen molar-refractivity contribution in [1.29, 1.82) is 0 Å². The first-order chi connectivity index (χ1) is 6.66. The molecule has 74 valence electrons. The Bertz CT molecular complexity index is 433. The van der Waals surface area contributed by atoms with E-state index in [1.54, 1.807) is 12.1 Å². The zero-order valence-electron chi connectivity index (χ0n) is 7.53. The predicted molar refractivity (Wildman–Crippen MR) is 51.8 cm³/mol. The highest BCUT2D eigenvalue weighted by atomic mass is 35.5. The van der Waals surface area contributed by atoms with Crippen molar-refractivity contribution < 1.29 is 8.83 Å². The summed E-state index contributed by atoms with van der Waals surface area (Å²) in [4.78, 5) is 4.15. The Balaban J connectivity index is 2.33. The van der Waals surface area contributed by atoms with Crippen molar-refractivity contribution in [3.63, 3.8) is 0 Å². The molecule has 4 nitrogen and oxygen atoms in total. The Morgan fingerprint density at radius 1 is 1.50 bits per heavy atom. The maximum absolute atomic E-state index is 5.63. The molecular weight excluding hydrogens is 204 g/mol. The number of oxazole rings is 1. The zero-order chi connectivity index (χ0) is 10.1. The van der Waals surface area contributed by atoms with Crippen molar-refractivity contribution in [1.82, 2.24) is 4.98 Å². The number of aromatic nitrogens is 1. The Labute approximate surface area is 85.7 Å². The first kappa shape index (κ1) is 9.30. The lowest BCUT2D eigenvalue weighted by Gasteiger charge is -1.94. The summed E-state index contributed by atoms with van der Waals surface area (Å²) in [5.74, 6) is 0.895. The molecule has 0 fully saturated rings. The maximum atomic E-state index is 5.63.